The molecule has 1 saturated heterocycles. The van der Waals surface area contributed by atoms with Crippen LogP contribution in [0.25, 0.3) is 5.69 Å². The van der Waals surface area contributed by atoms with Crippen molar-refractivity contribution in [3.05, 3.63) is 77.1 Å². The first-order chi connectivity index (χ1) is 17.3. The molecule has 1 spiro atoms. The molecule has 184 valence electrons. The fourth-order valence-electron chi connectivity index (χ4n) is 4.84. The van der Waals surface area contributed by atoms with Crippen molar-refractivity contribution in [3.8, 4) is 5.69 Å². The minimum atomic E-state index is -1.10. The molecule has 1 aliphatic heterocycles. The molecule has 1 aromatic heterocycles. The summed E-state index contributed by atoms with van der Waals surface area (Å²) in [5.74, 6) is -1.34. The number of rotatable bonds is 6. The number of fused-ring (bicyclic) bond motifs is 2. The second-order valence-electron chi connectivity index (χ2n) is 8.75. The Labute approximate surface area is 207 Å². The van der Waals surface area contributed by atoms with Crippen molar-refractivity contribution in [2.75, 3.05) is 18.5 Å². The topological polar surface area (TPSA) is 123 Å². The lowest BCUT2D eigenvalue weighted by molar-refractivity contribution is -0.134. The highest BCUT2D eigenvalue weighted by Crippen LogP contribution is 2.41. The van der Waals surface area contributed by atoms with E-state index < -0.39 is 35.9 Å². The molecule has 0 radical (unpaired) electrons. The molecule has 36 heavy (non-hydrogen) atoms. The summed E-state index contributed by atoms with van der Waals surface area (Å²) in [6, 6.07) is 13.8. The van der Waals surface area contributed by atoms with E-state index in [1.54, 1.807) is 42.8 Å². The molecule has 2 N–H and O–H groups in total. The Balaban J connectivity index is 1.26. The highest BCUT2D eigenvalue weighted by atomic mass is 16.5. The molecule has 2 heterocycles. The number of nitrogens with one attached hydrogen (secondary N) is 2. The number of esters is 1. The van der Waals surface area contributed by atoms with Gasteiger partial charge in [0.2, 0.25) is 5.91 Å². The molecule has 4 amide bonds. The number of benzene rings is 2. The third kappa shape index (κ3) is 3.80. The molecule has 2 aromatic carbocycles. The summed E-state index contributed by atoms with van der Waals surface area (Å²) < 4.78 is 6.64. The normalized spacial score (nSPS) is 18.3. The largest absolute Gasteiger partial charge is 0.462 e. The van der Waals surface area contributed by atoms with E-state index in [0.29, 0.717) is 35.5 Å². The number of anilines is 1. The van der Waals surface area contributed by atoms with Gasteiger partial charge in [0.05, 0.1) is 24.2 Å². The quantitative estimate of drug-likeness (QED) is 0.407. The molecular formula is C26H25N5O5. The third-order valence-corrected chi connectivity index (χ3v) is 6.62. The van der Waals surface area contributed by atoms with E-state index in [-0.39, 0.29) is 6.61 Å². The number of aromatic nitrogens is 2. The number of urea groups is 1. The van der Waals surface area contributed by atoms with Gasteiger partial charge >= 0.3 is 12.0 Å². The molecule has 0 saturated carbocycles. The number of amides is 4. The van der Waals surface area contributed by atoms with Crippen LogP contribution in [0.5, 0.6) is 0 Å². The van der Waals surface area contributed by atoms with Crippen molar-refractivity contribution in [1.82, 2.24) is 20.0 Å². The summed E-state index contributed by atoms with van der Waals surface area (Å²) in [5, 5.41) is 9.80. The van der Waals surface area contributed by atoms with Crippen molar-refractivity contribution in [2.45, 2.75) is 32.2 Å². The smallest absolute Gasteiger partial charge is 0.341 e. The fraction of sp³-hybridized carbons (Fsp3) is 0.269. The van der Waals surface area contributed by atoms with Crippen LogP contribution in [-0.4, -0.2) is 51.6 Å². The standard InChI is InChI=1S/C26H25N5O5/c1-3-36-23(33)20-14-27-31(16(20)2)19-10-8-18(9-11-19)28-22(32)15-30-24(34)26(29-25(30)35)13-12-17-6-4-5-7-21(17)26/h4-11,14H,3,12-13,15H2,1-2H3,(H,28,32)(H,29,35). The number of carbonyl (C=O) groups is 4. The van der Waals surface area contributed by atoms with E-state index in [0.717, 1.165) is 16.0 Å². The number of aryl methyl sites for hydroxylation is 1. The summed E-state index contributed by atoms with van der Waals surface area (Å²) in [5.41, 5.74) is 2.92. The Morgan fingerprint density at radius 2 is 1.89 bits per heavy atom. The van der Waals surface area contributed by atoms with E-state index >= 15 is 0 Å². The number of nitrogens with zero attached hydrogens (tertiary/aromatic N) is 3. The maximum absolute atomic E-state index is 13.2. The van der Waals surface area contributed by atoms with E-state index in [9.17, 15) is 19.2 Å². The van der Waals surface area contributed by atoms with Crippen LogP contribution in [0.4, 0.5) is 10.5 Å². The van der Waals surface area contributed by atoms with Gasteiger partial charge < -0.3 is 15.4 Å². The first-order valence-corrected chi connectivity index (χ1v) is 11.7. The lowest BCUT2D eigenvalue weighted by Gasteiger charge is -2.22. The minimum absolute atomic E-state index is 0.275. The molecule has 1 aliphatic carbocycles. The van der Waals surface area contributed by atoms with E-state index in [1.807, 2.05) is 24.3 Å². The lowest BCUT2D eigenvalue weighted by atomic mass is 9.92. The SMILES string of the molecule is CCOC(=O)c1cnn(-c2ccc(NC(=O)CN3C(=O)NC4(CCc5ccccc54)C3=O)cc2)c1C. The molecule has 5 rings (SSSR count). The van der Waals surface area contributed by atoms with Crippen LogP contribution in [0.1, 0.15) is 40.5 Å². The molecule has 3 aromatic rings. The van der Waals surface area contributed by atoms with Crippen LogP contribution in [-0.2, 0) is 26.3 Å². The molecule has 0 bridgehead atoms. The van der Waals surface area contributed by atoms with Crippen LogP contribution in [0.3, 0.4) is 0 Å². The summed E-state index contributed by atoms with van der Waals surface area (Å²) in [6.07, 6.45) is 2.61. The summed E-state index contributed by atoms with van der Waals surface area (Å²) in [4.78, 5) is 51.6. The van der Waals surface area contributed by atoms with Crippen LogP contribution in [0.15, 0.2) is 54.7 Å². The van der Waals surface area contributed by atoms with E-state index in [2.05, 4.69) is 15.7 Å². The van der Waals surface area contributed by atoms with E-state index in [4.69, 9.17) is 4.74 Å². The second kappa shape index (κ2) is 8.95. The Bertz CT molecular complexity index is 1380. The first kappa shape index (κ1) is 23.3. The van der Waals surface area contributed by atoms with Gasteiger partial charge in [-0.25, -0.2) is 14.3 Å². The van der Waals surface area contributed by atoms with Crippen LogP contribution in [0.2, 0.25) is 0 Å². The highest BCUT2D eigenvalue weighted by molar-refractivity contribution is 6.11. The Morgan fingerprint density at radius 3 is 2.64 bits per heavy atom. The molecule has 1 fully saturated rings. The van der Waals surface area contributed by atoms with Gasteiger partial charge in [-0.15, -0.1) is 0 Å². The van der Waals surface area contributed by atoms with Gasteiger partial charge in [0.15, 0.2) is 0 Å². The molecular weight excluding hydrogens is 462 g/mol. The predicted molar refractivity (Wildman–Crippen MR) is 130 cm³/mol. The molecule has 1 unspecified atom stereocenters. The number of hydrogen-bond donors (Lipinski definition) is 2. The van der Waals surface area contributed by atoms with Crippen molar-refractivity contribution < 1.29 is 23.9 Å². The number of hydrogen-bond acceptors (Lipinski definition) is 6. The van der Waals surface area contributed by atoms with Crippen molar-refractivity contribution in [1.29, 1.82) is 0 Å². The van der Waals surface area contributed by atoms with Gasteiger partial charge in [-0.1, -0.05) is 24.3 Å². The average molecular weight is 488 g/mol. The molecule has 2 aliphatic rings. The third-order valence-electron chi connectivity index (χ3n) is 6.62. The van der Waals surface area contributed by atoms with Gasteiger partial charge in [-0.3, -0.25) is 14.5 Å². The van der Waals surface area contributed by atoms with E-state index in [1.165, 1.54) is 6.20 Å². The van der Waals surface area contributed by atoms with Crippen LogP contribution >= 0.6 is 0 Å². The van der Waals surface area contributed by atoms with Gasteiger partial charge in [-0.05, 0) is 62.1 Å². The monoisotopic (exact) mass is 487 g/mol. The maximum atomic E-state index is 13.2. The van der Waals surface area contributed by atoms with Gasteiger partial charge in [0.25, 0.3) is 5.91 Å². The van der Waals surface area contributed by atoms with Crippen LogP contribution < -0.4 is 10.6 Å². The predicted octanol–water partition coefficient (Wildman–Crippen LogP) is 2.69. The molecule has 1 atom stereocenters. The number of ether oxygens (including phenoxy) is 1. The highest BCUT2D eigenvalue weighted by Gasteiger charge is 2.55. The Kier molecular flexibility index (Phi) is 5.79. The van der Waals surface area contributed by atoms with Crippen molar-refractivity contribution >= 4 is 29.5 Å². The molecule has 10 nitrogen and oxygen atoms in total. The number of carbonyl (C=O) groups excluding carboxylic acids is 4. The summed E-state index contributed by atoms with van der Waals surface area (Å²) in [6.45, 7) is 3.39. The average Bonchev–Trinajstić information content (AvgIpc) is 3.51. The van der Waals surface area contributed by atoms with Gasteiger partial charge in [-0.2, -0.15) is 5.10 Å². The minimum Gasteiger partial charge on any atom is -0.462 e. The lowest BCUT2D eigenvalue weighted by Crippen LogP contribution is -2.42. The van der Waals surface area contributed by atoms with Crippen molar-refractivity contribution in [3.63, 3.8) is 0 Å². The zero-order valence-corrected chi connectivity index (χ0v) is 19.9. The zero-order chi connectivity index (χ0) is 25.4. The second-order valence-corrected chi connectivity index (χ2v) is 8.75. The summed E-state index contributed by atoms with van der Waals surface area (Å²) in [7, 11) is 0. The Hall–Kier alpha value is -4.47. The first-order valence-electron chi connectivity index (χ1n) is 11.7. The van der Waals surface area contributed by atoms with Crippen molar-refractivity contribution in [2.24, 2.45) is 0 Å². The van der Waals surface area contributed by atoms with Crippen LogP contribution in [0, 0.1) is 6.92 Å². The Morgan fingerprint density at radius 1 is 1.14 bits per heavy atom. The fourth-order valence-corrected chi connectivity index (χ4v) is 4.84. The maximum Gasteiger partial charge on any atom is 0.341 e. The zero-order valence-electron chi connectivity index (χ0n) is 19.9. The number of imide groups is 1. The van der Waals surface area contributed by atoms with Gasteiger partial charge in [0.1, 0.15) is 17.6 Å². The molecule has 10 heteroatoms. The van der Waals surface area contributed by atoms with Gasteiger partial charge in [0, 0.05) is 5.69 Å². The summed E-state index contributed by atoms with van der Waals surface area (Å²) >= 11 is 0.